The summed E-state index contributed by atoms with van der Waals surface area (Å²) >= 11 is 0. The predicted molar refractivity (Wildman–Crippen MR) is 81.0 cm³/mol. The molecule has 0 aliphatic rings. The number of aryl methyl sites for hydroxylation is 1. The zero-order chi connectivity index (χ0) is 14.5. The fourth-order valence-electron chi connectivity index (χ4n) is 2.03. The highest BCUT2D eigenvalue weighted by atomic mass is 16.3. The van der Waals surface area contributed by atoms with Gasteiger partial charge in [0.05, 0.1) is 37.0 Å². The van der Waals surface area contributed by atoms with Crippen LogP contribution in [0.2, 0.25) is 0 Å². The molecule has 3 rings (SSSR count). The van der Waals surface area contributed by atoms with Gasteiger partial charge in [-0.25, -0.2) is 4.98 Å². The average Bonchev–Trinajstić information content (AvgIpc) is 3.17. The van der Waals surface area contributed by atoms with Crippen molar-refractivity contribution in [3.05, 3.63) is 66.1 Å². The van der Waals surface area contributed by atoms with Gasteiger partial charge >= 0.3 is 0 Å². The summed E-state index contributed by atoms with van der Waals surface area (Å²) in [6.07, 6.45) is 3.33. The van der Waals surface area contributed by atoms with Crippen molar-refractivity contribution in [2.24, 2.45) is 0 Å². The zero-order valence-electron chi connectivity index (χ0n) is 11.8. The Morgan fingerprint density at radius 2 is 1.57 bits per heavy atom. The van der Waals surface area contributed by atoms with Crippen molar-refractivity contribution in [2.75, 3.05) is 10.6 Å². The SMILES string of the molecule is Cc1nc(NCc2ccco2)ccc1NCc1ccco1. The molecule has 2 N–H and O–H groups in total. The number of hydrogen-bond donors (Lipinski definition) is 2. The van der Waals surface area contributed by atoms with Crippen LogP contribution in [0, 0.1) is 6.92 Å². The number of nitrogens with zero attached hydrogens (tertiary/aromatic N) is 1. The number of rotatable bonds is 6. The van der Waals surface area contributed by atoms with E-state index in [-0.39, 0.29) is 0 Å². The second-order valence-corrected chi connectivity index (χ2v) is 4.70. The first-order chi connectivity index (χ1) is 10.3. The molecule has 5 heteroatoms. The van der Waals surface area contributed by atoms with Gasteiger partial charge in [-0.2, -0.15) is 0 Å². The highest BCUT2D eigenvalue weighted by Gasteiger charge is 2.03. The molecule has 0 saturated heterocycles. The molecule has 0 bridgehead atoms. The molecule has 108 valence electrons. The van der Waals surface area contributed by atoms with Gasteiger partial charge in [-0.15, -0.1) is 0 Å². The smallest absolute Gasteiger partial charge is 0.126 e. The third kappa shape index (κ3) is 3.45. The third-order valence-corrected chi connectivity index (χ3v) is 3.14. The minimum absolute atomic E-state index is 0.624. The van der Waals surface area contributed by atoms with E-state index in [0.29, 0.717) is 13.1 Å². The Hall–Kier alpha value is -2.69. The number of hydrogen-bond acceptors (Lipinski definition) is 5. The van der Waals surface area contributed by atoms with Gasteiger partial charge in [-0.3, -0.25) is 0 Å². The van der Waals surface area contributed by atoms with Crippen molar-refractivity contribution in [2.45, 2.75) is 20.0 Å². The summed E-state index contributed by atoms with van der Waals surface area (Å²) in [5, 5.41) is 6.54. The Labute approximate surface area is 123 Å². The lowest BCUT2D eigenvalue weighted by Crippen LogP contribution is -2.04. The van der Waals surface area contributed by atoms with Crippen LogP contribution in [-0.4, -0.2) is 4.98 Å². The van der Waals surface area contributed by atoms with Gasteiger partial charge in [-0.1, -0.05) is 0 Å². The third-order valence-electron chi connectivity index (χ3n) is 3.14. The maximum absolute atomic E-state index is 5.29. The molecular weight excluding hydrogens is 266 g/mol. The molecule has 0 saturated carbocycles. The molecule has 5 nitrogen and oxygen atoms in total. The molecule has 0 amide bonds. The van der Waals surface area contributed by atoms with Crippen LogP contribution >= 0.6 is 0 Å². The van der Waals surface area contributed by atoms with Crippen LogP contribution in [0.3, 0.4) is 0 Å². The second-order valence-electron chi connectivity index (χ2n) is 4.70. The Morgan fingerprint density at radius 3 is 2.14 bits per heavy atom. The highest BCUT2D eigenvalue weighted by Crippen LogP contribution is 2.17. The van der Waals surface area contributed by atoms with Crippen molar-refractivity contribution in [3.63, 3.8) is 0 Å². The van der Waals surface area contributed by atoms with E-state index in [1.54, 1.807) is 12.5 Å². The quantitative estimate of drug-likeness (QED) is 0.720. The van der Waals surface area contributed by atoms with Gasteiger partial charge in [0.2, 0.25) is 0 Å². The molecular formula is C16H17N3O2. The standard InChI is InChI=1S/C16H17N3O2/c1-12-15(17-10-13-4-2-8-20-13)6-7-16(19-12)18-11-14-5-3-9-21-14/h2-9,17H,10-11H2,1H3,(H,18,19). The summed E-state index contributed by atoms with van der Waals surface area (Å²) in [7, 11) is 0. The molecule has 3 aromatic heterocycles. The maximum atomic E-state index is 5.29. The first-order valence-electron chi connectivity index (χ1n) is 6.81. The highest BCUT2D eigenvalue weighted by molar-refractivity contribution is 5.52. The lowest BCUT2D eigenvalue weighted by molar-refractivity contribution is 0.517. The minimum atomic E-state index is 0.624. The van der Waals surface area contributed by atoms with E-state index in [1.165, 1.54) is 0 Å². The number of nitrogens with one attached hydrogen (secondary N) is 2. The van der Waals surface area contributed by atoms with Gasteiger partial charge in [0.25, 0.3) is 0 Å². The van der Waals surface area contributed by atoms with Crippen LogP contribution in [0.5, 0.6) is 0 Å². The van der Waals surface area contributed by atoms with Crippen LogP contribution in [0.1, 0.15) is 17.2 Å². The summed E-state index contributed by atoms with van der Waals surface area (Å²) in [6, 6.07) is 11.6. The molecule has 0 atom stereocenters. The lowest BCUT2D eigenvalue weighted by atomic mass is 10.3. The molecule has 0 fully saturated rings. The van der Waals surface area contributed by atoms with E-state index in [2.05, 4.69) is 15.6 Å². The topological polar surface area (TPSA) is 63.2 Å². The second kappa shape index (κ2) is 6.17. The van der Waals surface area contributed by atoms with Crippen LogP contribution in [0.4, 0.5) is 11.5 Å². The fraction of sp³-hybridized carbons (Fsp3) is 0.188. The van der Waals surface area contributed by atoms with Crippen molar-refractivity contribution >= 4 is 11.5 Å². The Balaban J connectivity index is 1.59. The maximum Gasteiger partial charge on any atom is 0.126 e. The van der Waals surface area contributed by atoms with Gasteiger partial charge in [-0.05, 0) is 43.3 Å². The fourth-order valence-corrected chi connectivity index (χ4v) is 2.03. The molecule has 0 aliphatic carbocycles. The summed E-state index contributed by atoms with van der Waals surface area (Å²) in [6.45, 7) is 3.25. The van der Waals surface area contributed by atoms with Gasteiger partial charge in [0, 0.05) is 0 Å². The zero-order valence-corrected chi connectivity index (χ0v) is 11.8. The summed E-state index contributed by atoms with van der Waals surface area (Å²) in [5.74, 6) is 2.61. The summed E-state index contributed by atoms with van der Waals surface area (Å²) in [4.78, 5) is 4.53. The molecule has 0 aromatic carbocycles. The minimum Gasteiger partial charge on any atom is -0.467 e. The van der Waals surface area contributed by atoms with Gasteiger partial charge in [0.1, 0.15) is 17.3 Å². The van der Waals surface area contributed by atoms with E-state index >= 15 is 0 Å². The Bertz CT molecular complexity index is 676. The van der Waals surface area contributed by atoms with Crippen molar-refractivity contribution in [3.8, 4) is 0 Å². The monoisotopic (exact) mass is 283 g/mol. The predicted octanol–water partition coefficient (Wildman–Crippen LogP) is 3.80. The summed E-state index contributed by atoms with van der Waals surface area (Å²) < 4.78 is 10.6. The van der Waals surface area contributed by atoms with E-state index in [9.17, 15) is 0 Å². The van der Waals surface area contributed by atoms with E-state index in [4.69, 9.17) is 8.83 Å². The molecule has 0 spiro atoms. The first kappa shape index (κ1) is 13.3. The van der Waals surface area contributed by atoms with Crippen LogP contribution in [0.25, 0.3) is 0 Å². The molecule has 0 aliphatic heterocycles. The van der Waals surface area contributed by atoms with Gasteiger partial charge in [0.15, 0.2) is 0 Å². The molecule has 21 heavy (non-hydrogen) atoms. The van der Waals surface area contributed by atoms with Crippen molar-refractivity contribution in [1.82, 2.24) is 4.98 Å². The van der Waals surface area contributed by atoms with Gasteiger partial charge < -0.3 is 19.5 Å². The normalized spacial score (nSPS) is 10.5. The molecule has 0 radical (unpaired) electrons. The summed E-state index contributed by atoms with van der Waals surface area (Å²) in [5.41, 5.74) is 1.93. The Kier molecular flexibility index (Phi) is 3.91. The number of anilines is 2. The number of furan rings is 2. The largest absolute Gasteiger partial charge is 0.467 e. The Morgan fingerprint density at radius 1 is 0.905 bits per heavy atom. The van der Waals surface area contributed by atoms with E-state index in [0.717, 1.165) is 28.7 Å². The van der Waals surface area contributed by atoms with Crippen molar-refractivity contribution < 1.29 is 8.83 Å². The van der Waals surface area contributed by atoms with Crippen LogP contribution in [-0.2, 0) is 13.1 Å². The van der Waals surface area contributed by atoms with Crippen LogP contribution in [0.15, 0.2) is 57.8 Å². The molecule has 3 heterocycles. The average molecular weight is 283 g/mol. The van der Waals surface area contributed by atoms with Crippen LogP contribution < -0.4 is 10.6 Å². The molecule has 0 unspecified atom stereocenters. The van der Waals surface area contributed by atoms with Crippen molar-refractivity contribution in [1.29, 1.82) is 0 Å². The first-order valence-corrected chi connectivity index (χ1v) is 6.81. The van der Waals surface area contributed by atoms with E-state index in [1.807, 2.05) is 43.3 Å². The number of pyridine rings is 1. The van der Waals surface area contributed by atoms with E-state index < -0.39 is 0 Å². The number of aromatic nitrogens is 1. The lowest BCUT2D eigenvalue weighted by Gasteiger charge is -2.10. The molecule has 3 aromatic rings.